The van der Waals surface area contributed by atoms with Crippen LogP contribution in [0.2, 0.25) is 0 Å². The summed E-state index contributed by atoms with van der Waals surface area (Å²) in [6, 6.07) is 0. The third kappa shape index (κ3) is 12.5. The number of ether oxygens (including phenoxy) is 3. The number of carboxylic acid groups (broad SMARTS) is 1. The quantitative estimate of drug-likeness (QED) is 0.233. The van der Waals surface area contributed by atoms with Crippen LogP contribution >= 0.6 is 0 Å². The minimum Gasteiger partial charge on any atom is -0.498 e. The molecular formula is C14H25O8. The van der Waals surface area contributed by atoms with E-state index in [4.69, 9.17) is 24.4 Å². The van der Waals surface area contributed by atoms with Crippen LogP contribution in [-0.2, 0) is 24.1 Å². The highest BCUT2D eigenvalue weighted by Gasteiger charge is 2.06. The summed E-state index contributed by atoms with van der Waals surface area (Å²) in [5, 5.41) is 37.3. The highest BCUT2D eigenvalue weighted by atomic mass is 16.5. The van der Waals surface area contributed by atoms with E-state index in [1.807, 2.05) is 0 Å². The van der Waals surface area contributed by atoms with Crippen LogP contribution in [-0.4, -0.2) is 73.1 Å². The Balaban J connectivity index is 3.40. The summed E-state index contributed by atoms with van der Waals surface area (Å²) >= 11 is 0. The zero-order valence-corrected chi connectivity index (χ0v) is 12.8. The first kappa shape index (κ1) is 20.8. The van der Waals surface area contributed by atoms with E-state index >= 15 is 0 Å². The van der Waals surface area contributed by atoms with Gasteiger partial charge in [0, 0.05) is 13.2 Å². The molecule has 0 aliphatic carbocycles. The van der Waals surface area contributed by atoms with Gasteiger partial charge in [0.2, 0.25) is 0 Å². The van der Waals surface area contributed by atoms with Crippen molar-refractivity contribution in [1.29, 1.82) is 0 Å². The molecule has 3 N–H and O–H groups in total. The van der Waals surface area contributed by atoms with Gasteiger partial charge in [0.15, 0.2) is 0 Å². The first-order valence-electron chi connectivity index (χ1n) is 7.08. The maximum absolute atomic E-state index is 10.5. The Bertz CT molecular complexity index is 318. The second kappa shape index (κ2) is 13.5. The molecule has 0 heterocycles. The van der Waals surface area contributed by atoms with Crippen LogP contribution in [0.4, 0.5) is 0 Å². The van der Waals surface area contributed by atoms with Crippen molar-refractivity contribution in [2.24, 2.45) is 0 Å². The van der Waals surface area contributed by atoms with Crippen LogP contribution in [0.25, 0.3) is 0 Å². The van der Waals surface area contributed by atoms with Gasteiger partial charge in [-0.05, 0) is 19.8 Å². The Hall–Kier alpha value is -1.19. The molecule has 0 rings (SSSR count). The molecule has 2 atom stereocenters. The third-order valence-electron chi connectivity index (χ3n) is 2.53. The smallest absolute Gasteiger partial charge is 0.334 e. The molecule has 0 aliphatic rings. The summed E-state index contributed by atoms with van der Waals surface area (Å²) in [4.78, 5) is 10.5. The Morgan fingerprint density at radius 2 is 1.59 bits per heavy atom. The second-order valence-electron chi connectivity index (χ2n) is 4.77. The van der Waals surface area contributed by atoms with E-state index in [0.717, 1.165) is 19.1 Å². The molecule has 1 radical (unpaired) electrons. The third-order valence-corrected chi connectivity index (χ3v) is 2.53. The molecule has 22 heavy (non-hydrogen) atoms. The van der Waals surface area contributed by atoms with Gasteiger partial charge >= 0.3 is 5.97 Å². The van der Waals surface area contributed by atoms with Gasteiger partial charge in [-0.1, -0.05) is 0 Å². The molecule has 0 amide bonds. The Morgan fingerprint density at radius 3 is 2.09 bits per heavy atom. The van der Waals surface area contributed by atoms with Gasteiger partial charge in [-0.25, -0.2) is 9.90 Å². The summed E-state index contributed by atoms with van der Waals surface area (Å²) in [6.45, 7) is 1.80. The van der Waals surface area contributed by atoms with Crippen LogP contribution in [0.3, 0.4) is 0 Å². The number of rotatable bonds is 14. The second-order valence-corrected chi connectivity index (χ2v) is 4.77. The van der Waals surface area contributed by atoms with Crippen LogP contribution in [0.1, 0.15) is 19.8 Å². The fraction of sp³-hybridized carbons (Fsp3) is 0.786. The predicted octanol–water partition coefficient (Wildman–Crippen LogP) is -0.0429. The lowest BCUT2D eigenvalue weighted by Crippen LogP contribution is -2.21. The molecule has 0 saturated carbocycles. The molecule has 0 aromatic carbocycles. The van der Waals surface area contributed by atoms with Crippen molar-refractivity contribution in [3.05, 3.63) is 11.8 Å². The molecule has 0 aliphatic heterocycles. The minimum atomic E-state index is -1.07. The molecular weight excluding hydrogens is 296 g/mol. The molecule has 0 saturated heterocycles. The first-order chi connectivity index (χ1) is 10.5. The fourth-order valence-corrected chi connectivity index (χ4v) is 1.28. The maximum Gasteiger partial charge on any atom is 0.334 e. The van der Waals surface area contributed by atoms with Crippen molar-refractivity contribution in [1.82, 2.24) is 0 Å². The number of carboxylic acids is 1. The van der Waals surface area contributed by atoms with Crippen molar-refractivity contribution in [3.8, 4) is 0 Å². The summed E-state index contributed by atoms with van der Waals surface area (Å²) in [5.74, 6) is -1.07. The number of hydrogen-bond acceptors (Lipinski definition) is 6. The highest BCUT2D eigenvalue weighted by molar-refractivity contribution is 5.85. The summed E-state index contributed by atoms with van der Waals surface area (Å²) in [5.41, 5.74) is 0.0511. The van der Waals surface area contributed by atoms with Gasteiger partial charge in [0.05, 0.1) is 25.0 Å². The van der Waals surface area contributed by atoms with Gasteiger partial charge in [0.1, 0.15) is 25.4 Å². The van der Waals surface area contributed by atoms with Crippen molar-refractivity contribution < 1.29 is 39.4 Å². The lowest BCUT2D eigenvalue weighted by atomic mass is 10.3. The van der Waals surface area contributed by atoms with Crippen molar-refractivity contribution in [2.45, 2.75) is 32.0 Å². The van der Waals surface area contributed by atoms with E-state index in [0.29, 0.717) is 13.2 Å². The number of aliphatic hydroxyl groups is 2. The van der Waals surface area contributed by atoms with Crippen molar-refractivity contribution >= 4 is 5.97 Å². The summed E-state index contributed by atoms with van der Waals surface area (Å²) in [7, 11) is 0. The van der Waals surface area contributed by atoms with Gasteiger partial charge in [-0.3, -0.25) is 0 Å². The largest absolute Gasteiger partial charge is 0.498 e. The maximum atomic E-state index is 10.5. The minimum absolute atomic E-state index is 0.0409. The molecule has 8 nitrogen and oxygen atoms in total. The highest BCUT2D eigenvalue weighted by Crippen LogP contribution is 1.97. The summed E-state index contributed by atoms with van der Waals surface area (Å²) < 4.78 is 15.2. The van der Waals surface area contributed by atoms with Gasteiger partial charge in [-0.2, -0.15) is 0 Å². The average Bonchev–Trinajstić information content (AvgIpc) is 2.49. The standard InChI is InChI=1S/C14H25O8/c1-11(14(18)19)7-22-10-13(17)9-21-5-3-2-4-20-8-12(16)6-15/h7,12-13,16-17H,2-6,8-10H2,1H3,(H,18,19). The van der Waals surface area contributed by atoms with E-state index in [1.54, 1.807) is 0 Å². The van der Waals surface area contributed by atoms with E-state index < -0.39 is 24.8 Å². The number of hydrogen-bond donors (Lipinski definition) is 3. The van der Waals surface area contributed by atoms with Crippen molar-refractivity contribution in [2.75, 3.05) is 39.6 Å². The number of aliphatic carboxylic acids is 1. The topological polar surface area (TPSA) is 125 Å². The van der Waals surface area contributed by atoms with E-state index in [2.05, 4.69) is 0 Å². The van der Waals surface area contributed by atoms with E-state index in [9.17, 15) is 15.0 Å². The van der Waals surface area contributed by atoms with Crippen LogP contribution in [0, 0.1) is 0 Å². The molecule has 0 bridgehead atoms. The average molecular weight is 321 g/mol. The zero-order valence-electron chi connectivity index (χ0n) is 12.8. The Morgan fingerprint density at radius 1 is 1.05 bits per heavy atom. The molecule has 0 aromatic rings. The Labute approximate surface area is 129 Å². The van der Waals surface area contributed by atoms with E-state index in [1.165, 1.54) is 6.92 Å². The Kier molecular flexibility index (Phi) is 12.7. The van der Waals surface area contributed by atoms with Gasteiger partial charge in [-0.15, -0.1) is 0 Å². The SMILES string of the molecule is CC(=COCC(O)COCCCCOCC(O)C[O])C(=O)O. The molecule has 8 heteroatoms. The van der Waals surface area contributed by atoms with Gasteiger partial charge in [0.25, 0.3) is 0 Å². The molecule has 0 spiro atoms. The predicted molar refractivity (Wildman–Crippen MR) is 75.8 cm³/mol. The first-order valence-corrected chi connectivity index (χ1v) is 7.08. The van der Waals surface area contributed by atoms with Crippen molar-refractivity contribution in [3.63, 3.8) is 0 Å². The molecule has 0 fully saturated rings. The van der Waals surface area contributed by atoms with Crippen LogP contribution in [0.5, 0.6) is 0 Å². The van der Waals surface area contributed by atoms with Gasteiger partial charge < -0.3 is 29.5 Å². The number of aliphatic hydroxyl groups excluding tert-OH is 2. The van der Waals surface area contributed by atoms with E-state index in [-0.39, 0.29) is 25.4 Å². The molecule has 2 unspecified atom stereocenters. The lowest BCUT2D eigenvalue weighted by Gasteiger charge is -2.11. The zero-order chi connectivity index (χ0) is 16.8. The normalized spacial score (nSPS) is 14.6. The number of unbranched alkanes of at least 4 members (excludes halogenated alkanes) is 1. The lowest BCUT2D eigenvalue weighted by molar-refractivity contribution is -0.132. The summed E-state index contributed by atoms with van der Waals surface area (Å²) in [6.07, 6.45) is 0.739. The fourth-order valence-electron chi connectivity index (χ4n) is 1.28. The van der Waals surface area contributed by atoms with Crippen LogP contribution < -0.4 is 0 Å². The van der Waals surface area contributed by atoms with Crippen LogP contribution in [0.15, 0.2) is 11.8 Å². The molecule has 129 valence electrons. The monoisotopic (exact) mass is 321 g/mol. The number of carbonyl (C=O) groups is 1. The molecule has 0 aromatic heterocycles.